The Morgan fingerprint density at radius 1 is 1.59 bits per heavy atom. The van der Waals surface area contributed by atoms with E-state index in [-0.39, 0.29) is 22.0 Å². The summed E-state index contributed by atoms with van der Waals surface area (Å²) in [5, 5.41) is 13.3. The van der Waals surface area contributed by atoms with Crippen molar-refractivity contribution in [2.24, 2.45) is 5.92 Å². The molecule has 90 valence electrons. The lowest BCUT2D eigenvalue weighted by atomic mass is 9.94. The molecule has 1 heterocycles. The molecule has 1 aliphatic rings. The van der Waals surface area contributed by atoms with Crippen molar-refractivity contribution in [3.8, 4) is 0 Å². The van der Waals surface area contributed by atoms with Gasteiger partial charge in [-0.05, 0) is 30.6 Å². The van der Waals surface area contributed by atoms with Crippen LogP contribution in [0, 0.1) is 16.0 Å². The summed E-state index contributed by atoms with van der Waals surface area (Å²) in [6.45, 7) is 0. The van der Waals surface area contributed by atoms with Crippen molar-refractivity contribution in [3.05, 3.63) is 28.5 Å². The molecule has 0 fully saturated rings. The van der Waals surface area contributed by atoms with Crippen LogP contribution in [0.25, 0.3) is 0 Å². The fourth-order valence-electron chi connectivity index (χ4n) is 1.65. The Morgan fingerprint density at radius 2 is 2.41 bits per heavy atom. The molecule has 1 unspecified atom stereocenters. The maximum atomic E-state index is 11.8. The van der Waals surface area contributed by atoms with Crippen molar-refractivity contribution in [1.82, 2.24) is 4.98 Å². The number of hydrogen-bond donors (Lipinski definition) is 1. The third-order valence-corrected chi connectivity index (χ3v) is 3.41. The molecule has 0 saturated heterocycles. The van der Waals surface area contributed by atoms with E-state index in [1.807, 2.05) is 6.08 Å². The van der Waals surface area contributed by atoms with Crippen LogP contribution in [0.4, 0.5) is 10.1 Å². The summed E-state index contributed by atoms with van der Waals surface area (Å²) in [4.78, 5) is 25.5. The summed E-state index contributed by atoms with van der Waals surface area (Å²) in [7, 11) is 0. The summed E-state index contributed by atoms with van der Waals surface area (Å²) in [5.41, 5.74) is 0. The minimum absolute atomic E-state index is 0.0528. The highest BCUT2D eigenvalue weighted by Gasteiger charge is 2.20. The Bertz CT molecular complexity index is 469. The average Bonchev–Trinajstić information content (AvgIpc) is 2.79. The Labute approximate surface area is 102 Å². The third kappa shape index (κ3) is 2.88. The van der Waals surface area contributed by atoms with Crippen molar-refractivity contribution in [1.29, 1.82) is 0 Å². The predicted octanol–water partition coefficient (Wildman–Crippen LogP) is 2.35. The molecular formula is C10H11N3O3S. The topological polar surface area (TPSA) is 85.1 Å². The zero-order valence-electron chi connectivity index (χ0n) is 8.96. The van der Waals surface area contributed by atoms with E-state index >= 15 is 0 Å². The molecule has 1 N–H and O–H groups in total. The number of carbonyl (C=O) groups is 1. The van der Waals surface area contributed by atoms with E-state index in [9.17, 15) is 14.9 Å². The van der Waals surface area contributed by atoms with Crippen molar-refractivity contribution >= 4 is 27.4 Å². The van der Waals surface area contributed by atoms with Crippen LogP contribution in [0.1, 0.15) is 19.3 Å². The summed E-state index contributed by atoms with van der Waals surface area (Å²) < 4.78 is 0. The lowest BCUT2D eigenvalue weighted by Crippen LogP contribution is -2.23. The molecule has 0 aromatic carbocycles. The molecule has 1 aromatic rings. The summed E-state index contributed by atoms with van der Waals surface area (Å²) in [5.74, 6) is -0.165. The van der Waals surface area contributed by atoms with Gasteiger partial charge in [-0.15, -0.1) is 0 Å². The lowest BCUT2D eigenvalue weighted by Gasteiger charge is -2.15. The number of nitro groups is 1. The van der Waals surface area contributed by atoms with Crippen LogP contribution in [0.5, 0.6) is 0 Å². The van der Waals surface area contributed by atoms with Crippen LogP contribution in [0.15, 0.2) is 18.3 Å². The Morgan fingerprint density at radius 3 is 3.00 bits per heavy atom. The van der Waals surface area contributed by atoms with Crippen LogP contribution in [-0.2, 0) is 4.79 Å². The highest BCUT2D eigenvalue weighted by Crippen LogP contribution is 2.26. The number of hydrogen-bond acceptors (Lipinski definition) is 5. The van der Waals surface area contributed by atoms with E-state index < -0.39 is 4.92 Å². The van der Waals surface area contributed by atoms with Crippen LogP contribution < -0.4 is 5.32 Å². The van der Waals surface area contributed by atoms with Gasteiger partial charge < -0.3 is 5.32 Å². The predicted molar refractivity (Wildman–Crippen MR) is 63.9 cm³/mol. The molecule has 1 aliphatic carbocycles. The Hall–Kier alpha value is -1.76. The molecule has 0 bridgehead atoms. The number of allylic oxidation sites excluding steroid dienone is 2. The first-order valence-corrected chi connectivity index (χ1v) is 6.04. The van der Waals surface area contributed by atoms with Gasteiger partial charge in [-0.3, -0.25) is 14.9 Å². The lowest BCUT2D eigenvalue weighted by molar-refractivity contribution is -0.380. The number of aromatic nitrogens is 1. The number of rotatable bonds is 3. The molecule has 1 aromatic heterocycles. The quantitative estimate of drug-likeness (QED) is 0.509. The number of thiazole rings is 1. The first kappa shape index (κ1) is 11.7. The standard InChI is InChI=1S/C10H11N3O3S/c14-9(7-4-2-1-3-5-7)12-10-11-6-8(17-10)13(15)16/h1-2,6-7H,3-5H2,(H,11,12,14). The highest BCUT2D eigenvalue weighted by atomic mass is 32.1. The normalized spacial score (nSPS) is 18.9. The molecule has 0 aliphatic heterocycles. The van der Waals surface area contributed by atoms with E-state index in [4.69, 9.17) is 0 Å². The molecule has 1 atom stereocenters. The molecule has 17 heavy (non-hydrogen) atoms. The summed E-state index contributed by atoms with van der Waals surface area (Å²) in [6, 6.07) is 0. The van der Waals surface area contributed by atoms with Crippen molar-refractivity contribution in [2.75, 3.05) is 5.32 Å². The number of carbonyl (C=O) groups excluding carboxylic acids is 1. The first-order valence-electron chi connectivity index (χ1n) is 5.23. The third-order valence-electron chi connectivity index (χ3n) is 2.54. The fraction of sp³-hybridized carbons (Fsp3) is 0.400. The number of nitrogens with zero attached hydrogens (tertiary/aromatic N) is 2. The zero-order valence-corrected chi connectivity index (χ0v) is 9.77. The number of amides is 1. The summed E-state index contributed by atoms with van der Waals surface area (Å²) >= 11 is 0.873. The zero-order chi connectivity index (χ0) is 12.3. The maximum Gasteiger partial charge on any atom is 0.345 e. The molecule has 2 rings (SSSR count). The van der Waals surface area contributed by atoms with Gasteiger partial charge in [0.05, 0.1) is 4.92 Å². The number of anilines is 1. The second kappa shape index (κ2) is 5.05. The fourth-order valence-corrected chi connectivity index (χ4v) is 2.28. The Balaban J connectivity index is 1.97. The largest absolute Gasteiger partial charge is 0.345 e. The van der Waals surface area contributed by atoms with Gasteiger partial charge in [-0.25, -0.2) is 4.98 Å². The SMILES string of the molecule is O=C(Nc1ncc([N+](=O)[O-])s1)C1CC=CCC1. The van der Waals surface area contributed by atoms with Gasteiger partial charge in [-0.1, -0.05) is 12.2 Å². The maximum absolute atomic E-state index is 11.8. The van der Waals surface area contributed by atoms with E-state index in [1.54, 1.807) is 0 Å². The van der Waals surface area contributed by atoms with Crippen LogP contribution in [0.3, 0.4) is 0 Å². The molecule has 0 saturated carbocycles. The Kier molecular flexibility index (Phi) is 3.48. The highest BCUT2D eigenvalue weighted by molar-refractivity contribution is 7.18. The second-order valence-electron chi connectivity index (χ2n) is 3.73. The van der Waals surface area contributed by atoms with Gasteiger partial charge in [0, 0.05) is 5.92 Å². The van der Waals surface area contributed by atoms with E-state index in [1.165, 1.54) is 0 Å². The van der Waals surface area contributed by atoms with E-state index in [0.29, 0.717) is 0 Å². The minimum Gasteiger partial charge on any atom is -0.302 e. The van der Waals surface area contributed by atoms with Gasteiger partial charge in [0.15, 0.2) is 5.13 Å². The minimum atomic E-state index is -0.517. The number of nitrogens with one attached hydrogen (secondary N) is 1. The molecule has 7 heteroatoms. The van der Waals surface area contributed by atoms with Crippen molar-refractivity contribution in [3.63, 3.8) is 0 Å². The van der Waals surface area contributed by atoms with Gasteiger partial charge in [-0.2, -0.15) is 0 Å². The smallest absolute Gasteiger partial charge is 0.302 e. The van der Waals surface area contributed by atoms with Crippen molar-refractivity contribution < 1.29 is 9.72 Å². The van der Waals surface area contributed by atoms with Gasteiger partial charge in [0.25, 0.3) is 0 Å². The molecule has 0 radical (unpaired) electrons. The monoisotopic (exact) mass is 253 g/mol. The van der Waals surface area contributed by atoms with Crippen LogP contribution in [-0.4, -0.2) is 15.8 Å². The van der Waals surface area contributed by atoms with Crippen molar-refractivity contribution in [2.45, 2.75) is 19.3 Å². The van der Waals surface area contributed by atoms with Crippen LogP contribution in [0.2, 0.25) is 0 Å². The molecule has 0 spiro atoms. The molecular weight excluding hydrogens is 242 g/mol. The van der Waals surface area contributed by atoms with Gasteiger partial charge in [0.2, 0.25) is 5.91 Å². The second-order valence-corrected chi connectivity index (χ2v) is 4.74. The van der Waals surface area contributed by atoms with E-state index in [2.05, 4.69) is 16.4 Å². The van der Waals surface area contributed by atoms with Gasteiger partial charge >= 0.3 is 5.00 Å². The van der Waals surface area contributed by atoms with Gasteiger partial charge in [0.1, 0.15) is 6.20 Å². The van der Waals surface area contributed by atoms with E-state index in [0.717, 1.165) is 36.8 Å². The first-order chi connectivity index (χ1) is 8.16. The average molecular weight is 253 g/mol. The molecule has 1 amide bonds. The molecule has 6 nitrogen and oxygen atoms in total. The summed E-state index contributed by atoms with van der Waals surface area (Å²) in [6.07, 6.45) is 7.63. The van der Waals surface area contributed by atoms with Crippen LogP contribution >= 0.6 is 11.3 Å².